The van der Waals surface area contributed by atoms with E-state index < -0.39 is 17.8 Å². The molecule has 1 unspecified atom stereocenters. The van der Waals surface area contributed by atoms with Gasteiger partial charge in [-0.05, 0) is 37.0 Å². The second kappa shape index (κ2) is 9.14. The molecule has 0 bridgehead atoms. The summed E-state index contributed by atoms with van der Waals surface area (Å²) in [5.74, 6) is -0.830. The topological polar surface area (TPSA) is 97.8 Å². The van der Waals surface area contributed by atoms with Crippen molar-refractivity contribution in [2.45, 2.75) is 12.8 Å². The maximum Gasteiger partial charge on any atom is 0.308 e. The van der Waals surface area contributed by atoms with Crippen LogP contribution in [-0.4, -0.2) is 41.7 Å². The zero-order valence-electron chi connectivity index (χ0n) is 14.8. The van der Waals surface area contributed by atoms with Crippen LogP contribution in [0.1, 0.15) is 23.3 Å². The molecule has 1 fully saturated rings. The minimum atomic E-state index is -0.906. The van der Waals surface area contributed by atoms with Gasteiger partial charge in [-0.3, -0.25) is 14.6 Å². The molecule has 0 spiro atoms. The van der Waals surface area contributed by atoms with Gasteiger partial charge in [-0.25, -0.2) is 0 Å². The second-order valence-corrected chi connectivity index (χ2v) is 6.40. The Balaban J connectivity index is 1.61. The molecule has 1 aromatic heterocycles. The number of carboxylic acids is 1. The minimum absolute atomic E-state index is 0.00254. The van der Waals surface area contributed by atoms with Crippen molar-refractivity contribution < 1.29 is 24.2 Å². The fourth-order valence-electron chi connectivity index (χ4n) is 3.09. The highest BCUT2D eigenvalue weighted by Gasteiger charge is 2.30. The number of aromatic nitrogens is 1. The summed E-state index contributed by atoms with van der Waals surface area (Å²) in [5, 5.41) is 12.2. The average Bonchev–Trinajstić information content (AvgIpc) is 2.69. The Labute approximate surface area is 157 Å². The molecule has 1 atom stereocenters. The number of ether oxygens (including phenoxy) is 2. The van der Waals surface area contributed by atoms with Crippen molar-refractivity contribution in [2.75, 3.05) is 19.8 Å². The Hall–Kier alpha value is -2.93. The maximum atomic E-state index is 12.4. The maximum absolute atomic E-state index is 12.4. The molecule has 1 saturated heterocycles. The first-order valence-corrected chi connectivity index (χ1v) is 8.91. The Morgan fingerprint density at radius 1 is 1.19 bits per heavy atom. The Bertz CT molecular complexity index is 775. The van der Waals surface area contributed by atoms with E-state index in [1.54, 1.807) is 6.07 Å². The molecular weight excluding hydrogens is 348 g/mol. The van der Waals surface area contributed by atoms with E-state index in [0.29, 0.717) is 37.6 Å². The van der Waals surface area contributed by atoms with Crippen LogP contribution in [-0.2, 0) is 9.53 Å². The van der Waals surface area contributed by atoms with Crippen LogP contribution in [0.2, 0.25) is 0 Å². The summed E-state index contributed by atoms with van der Waals surface area (Å²) in [6.07, 6.45) is 2.86. The van der Waals surface area contributed by atoms with Gasteiger partial charge in [-0.15, -0.1) is 0 Å². The van der Waals surface area contributed by atoms with Crippen LogP contribution in [0.15, 0.2) is 48.7 Å². The first kappa shape index (κ1) is 18.8. The number of hydrogen-bond donors (Lipinski definition) is 2. The zero-order chi connectivity index (χ0) is 19.1. The molecule has 142 valence electrons. The number of benzene rings is 1. The number of carbonyl (C=O) groups excluding carboxylic acids is 1. The summed E-state index contributed by atoms with van der Waals surface area (Å²) < 4.78 is 11.0. The number of nitrogens with zero attached hydrogens (tertiary/aromatic N) is 1. The average molecular weight is 370 g/mol. The smallest absolute Gasteiger partial charge is 0.308 e. The van der Waals surface area contributed by atoms with Crippen molar-refractivity contribution in [2.24, 2.45) is 11.8 Å². The van der Waals surface area contributed by atoms with Crippen molar-refractivity contribution in [3.8, 4) is 11.5 Å². The molecule has 1 aromatic carbocycles. The van der Waals surface area contributed by atoms with Gasteiger partial charge in [0.05, 0.1) is 5.92 Å². The van der Waals surface area contributed by atoms with Gasteiger partial charge in [-0.2, -0.15) is 0 Å². The largest absolute Gasteiger partial charge is 0.481 e. The van der Waals surface area contributed by atoms with Crippen molar-refractivity contribution in [3.63, 3.8) is 0 Å². The van der Waals surface area contributed by atoms with Gasteiger partial charge in [0.25, 0.3) is 5.91 Å². The molecule has 2 heterocycles. The van der Waals surface area contributed by atoms with Crippen LogP contribution in [0.25, 0.3) is 0 Å². The molecule has 1 aliphatic rings. The fourth-order valence-corrected chi connectivity index (χ4v) is 3.09. The van der Waals surface area contributed by atoms with Gasteiger partial charge in [0, 0.05) is 32.0 Å². The van der Waals surface area contributed by atoms with E-state index in [2.05, 4.69) is 10.3 Å². The predicted octanol–water partition coefficient (Wildman–Crippen LogP) is 2.73. The molecule has 27 heavy (non-hydrogen) atoms. The van der Waals surface area contributed by atoms with E-state index in [1.807, 2.05) is 30.3 Å². The molecule has 0 aliphatic carbocycles. The SMILES string of the molecule is O=C(NCC(C(=O)O)C1CCOCC1)c1cc(Oc2ccccc2)ccn1. The van der Waals surface area contributed by atoms with Crippen molar-refractivity contribution in [3.05, 3.63) is 54.4 Å². The number of rotatable bonds is 7. The van der Waals surface area contributed by atoms with Gasteiger partial charge in [0.2, 0.25) is 0 Å². The van der Waals surface area contributed by atoms with E-state index >= 15 is 0 Å². The van der Waals surface area contributed by atoms with Crippen LogP contribution in [0, 0.1) is 11.8 Å². The van der Waals surface area contributed by atoms with Crippen LogP contribution < -0.4 is 10.1 Å². The third-order valence-electron chi connectivity index (χ3n) is 4.58. The number of amides is 1. The first-order valence-electron chi connectivity index (χ1n) is 8.91. The monoisotopic (exact) mass is 370 g/mol. The van der Waals surface area contributed by atoms with Crippen molar-refractivity contribution >= 4 is 11.9 Å². The third-order valence-corrected chi connectivity index (χ3v) is 4.58. The van der Waals surface area contributed by atoms with Crippen molar-refractivity contribution in [1.29, 1.82) is 0 Å². The lowest BCUT2D eigenvalue weighted by molar-refractivity contribution is -0.144. The molecule has 0 saturated carbocycles. The second-order valence-electron chi connectivity index (χ2n) is 6.40. The summed E-state index contributed by atoms with van der Waals surface area (Å²) in [6, 6.07) is 12.4. The normalized spacial score (nSPS) is 15.7. The van der Waals surface area contributed by atoms with Gasteiger partial charge < -0.3 is 19.9 Å². The first-order chi connectivity index (χ1) is 13.1. The lowest BCUT2D eigenvalue weighted by Crippen LogP contribution is -2.39. The van der Waals surface area contributed by atoms with Crippen LogP contribution in [0.3, 0.4) is 0 Å². The van der Waals surface area contributed by atoms with Crippen molar-refractivity contribution in [1.82, 2.24) is 10.3 Å². The molecule has 7 nitrogen and oxygen atoms in total. The highest BCUT2D eigenvalue weighted by Crippen LogP contribution is 2.24. The van der Waals surface area contributed by atoms with Crippen LogP contribution in [0.5, 0.6) is 11.5 Å². The number of carbonyl (C=O) groups is 2. The molecule has 1 amide bonds. The predicted molar refractivity (Wildman–Crippen MR) is 97.8 cm³/mol. The van der Waals surface area contributed by atoms with Gasteiger partial charge in [0.15, 0.2) is 0 Å². The molecule has 2 aromatic rings. The molecule has 3 rings (SSSR count). The summed E-state index contributed by atoms with van der Waals surface area (Å²) in [4.78, 5) is 28.0. The number of para-hydroxylation sites is 1. The number of nitrogens with one attached hydrogen (secondary N) is 1. The molecule has 2 N–H and O–H groups in total. The van der Waals surface area contributed by atoms with E-state index in [1.165, 1.54) is 12.3 Å². The van der Waals surface area contributed by atoms with Crippen LogP contribution >= 0.6 is 0 Å². The molecular formula is C20H22N2O5. The summed E-state index contributed by atoms with van der Waals surface area (Å²) >= 11 is 0. The standard InChI is InChI=1S/C20H22N2O5/c23-19(22-13-17(20(24)25)14-7-10-26-11-8-14)18-12-16(6-9-21-18)27-15-4-2-1-3-5-15/h1-6,9,12,14,17H,7-8,10-11,13H2,(H,22,23)(H,24,25). The third kappa shape index (κ3) is 5.27. The quantitative estimate of drug-likeness (QED) is 0.778. The molecule has 7 heteroatoms. The lowest BCUT2D eigenvalue weighted by Gasteiger charge is -2.27. The Kier molecular flexibility index (Phi) is 6.38. The van der Waals surface area contributed by atoms with E-state index in [9.17, 15) is 14.7 Å². The Morgan fingerprint density at radius 2 is 1.93 bits per heavy atom. The highest BCUT2D eigenvalue weighted by atomic mass is 16.5. The van der Waals surface area contributed by atoms with E-state index in [0.717, 1.165) is 0 Å². The van der Waals surface area contributed by atoms with Gasteiger partial charge in [-0.1, -0.05) is 18.2 Å². The Morgan fingerprint density at radius 3 is 2.63 bits per heavy atom. The number of carboxylic acid groups (broad SMARTS) is 1. The van der Waals surface area contributed by atoms with Crippen LogP contribution in [0.4, 0.5) is 0 Å². The molecule has 0 radical (unpaired) electrons. The highest BCUT2D eigenvalue weighted by molar-refractivity contribution is 5.92. The fraction of sp³-hybridized carbons (Fsp3) is 0.350. The molecule has 1 aliphatic heterocycles. The van der Waals surface area contributed by atoms with Gasteiger partial charge >= 0.3 is 5.97 Å². The van der Waals surface area contributed by atoms with E-state index in [-0.39, 0.29) is 18.2 Å². The summed E-state index contributed by atoms with van der Waals surface area (Å²) in [6.45, 7) is 1.18. The van der Waals surface area contributed by atoms with E-state index in [4.69, 9.17) is 9.47 Å². The summed E-state index contributed by atoms with van der Waals surface area (Å²) in [5.41, 5.74) is 0.180. The minimum Gasteiger partial charge on any atom is -0.481 e. The number of pyridine rings is 1. The number of aliphatic carboxylic acids is 1. The lowest BCUT2D eigenvalue weighted by atomic mass is 9.86. The summed E-state index contributed by atoms with van der Waals surface area (Å²) in [7, 11) is 0. The van der Waals surface area contributed by atoms with Gasteiger partial charge in [0.1, 0.15) is 17.2 Å². The zero-order valence-corrected chi connectivity index (χ0v) is 14.8. The number of hydrogen-bond acceptors (Lipinski definition) is 5.